The maximum atomic E-state index is 12.3. The summed E-state index contributed by atoms with van der Waals surface area (Å²) in [7, 11) is 2.18. The van der Waals surface area contributed by atoms with Crippen molar-refractivity contribution >= 4 is 23.0 Å². The fourth-order valence-electron chi connectivity index (χ4n) is 4.15. The van der Waals surface area contributed by atoms with Gasteiger partial charge in [-0.15, -0.1) is 0 Å². The van der Waals surface area contributed by atoms with Gasteiger partial charge in [0.2, 0.25) is 0 Å². The van der Waals surface area contributed by atoms with Crippen LogP contribution in [-0.4, -0.2) is 54.1 Å². The molecule has 5 nitrogen and oxygen atoms in total. The summed E-state index contributed by atoms with van der Waals surface area (Å²) in [5.74, 6) is 1.54. The van der Waals surface area contributed by atoms with Crippen molar-refractivity contribution < 1.29 is 4.79 Å². The van der Waals surface area contributed by atoms with Crippen molar-refractivity contribution in [1.29, 1.82) is 0 Å². The van der Waals surface area contributed by atoms with Crippen LogP contribution in [0.4, 0.5) is 11.5 Å². The number of pyridine rings is 1. The summed E-state index contributed by atoms with van der Waals surface area (Å²) in [6, 6.07) is 10.6. The van der Waals surface area contributed by atoms with E-state index in [2.05, 4.69) is 29.8 Å². The summed E-state index contributed by atoms with van der Waals surface area (Å²) >= 11 is 0. The Morgan fingerprint density at radius 2 is 1.97 bits per heavy atom. The van der Waals surface area contributed by atoms with Gasteiger partial charge in [-0.05, 0) is 64.4 Å². The minimum Gasteiger partial charge on any atom is -0.353 e. The van der Waals surface area contributed by atoms with E-state index >= 15 is 0 Å². The van der Waals surface area contributed by atoms with E-state index in [0.29, 0.717) is 12.0 Å². The van der Waals surface area contributed by atoms with E-state index in [9.17, 15) is 4.79 Å². The molecule has 2 aromatic rings. The number of carbonyl (C=O) groups is 1. The van der Waals surface area contributed by atoms with Crippen molar-refractivity contribution in [1.82, 2.24) is 9.88 Å². The molecule has 2 aliphatic rings. The minimum atomic E-state index is 0.0660. The van der Waals surface area contributed by atoms with Crippen molar-refractivity contribution in [3.8, 4) is 0 Å². The van der Waals surface area contributed by atoms with E-state index in [4.69, 9.17) is 9.98 Å². The number of hydrogen-bond donors (Lipinski definition) is 0. The number of likely N-dealkylation sites (N-methyl/N-ethyl adjacent to an activating group) is 1. The molecule has 0 spiro atoms. The number of anilines is 1. The van der Waals surface area contributed by atoms with Gasteiger partial charge in [-0.2, -0.15) is 0 Å². The van der Waals surface area contributed by atoms with Gasteiger partial charge in [0.15, 0.2) is 5.78 Å². The molecule has 1 aromatic carbocycles. The molecular formula is C24H30N4O. The normalized spacial score (nSPS) is 20.8. The molecule has 0 N–H and O–H groups in total. The van der Waals surface area contributed by atoms with E-state index in [1.165, 1.54) is 0 Å². The Kier molecular flexibility index (Phi) is 5.50. The highest BCUT2D eigenvalue weighted by Crippen LogP contribution is 2.38. The minimum absolute atomic E-state index is 0.0660. The van der Waals surface area contributed by atoms with Crippen LogP contribution in [0.1, 0.15) is 48.2 Å². The van der Waals surface area contributed by atoms with Crippen LogP contribution in [0.5, 0.6) is 0 Å². The summed E-state index contributed by atoms with van der Waals surface area (Å²) in [4.78, 5) is 26.9. The SMILES string of the molecule is CC(=O)c1c(C)cccc1N=C(c1cccnc1N1CCN(C)C(C)C1)C1CC1. The molecule has 152 valence electrons. The van der Waals surface area contributed by atoms with Gasteiger partial charge in [-0.3, -0.25) is 9.79 Å². The largest absolute Gasteiger partial charge is 0.353 e. The van der Waals surface area contributed by atoms with Crippen molar-refractivity contribution in [3.05, 3.63) is 53.2 Å². The quantitative estimate of drug-likeness (QED) is 0.565. The molecule has 1 aromatic heterocycles. The number of hydrogen-bond acceptors (Lipinski definition) is 5. The van der Waals surface area contributed by atoms with Gasteiger partial charge in [0, 0.05) is 48.9 Å². The van der Waals surface area contributed by atoms with Gasteiger partial charge in [0.25, 0.3) is 0 Å². The Morgan fingerprint density at radius 1 is 1.17 bits per heavy atom. The average Bonchev–Trinajstić information content (AvgIpc) is 3.53. The zero-order valence-electron chi connectivity index (χ0n) is 17.9. The lowest BCUT2D eigenvalue weighted by Crippen LogP contribution is -2.50. The van der Waals surface area contributed by atoms with Crippen molar-refractivity contribution in [3.63, 3.8) is 0 Å². The number of aromatic nitrogens is 1. The third-order valence-corrected chi connectivity index (χ3v) is 6.13. The molecule has 1 aliphatic carbocycles. The topological polar surface area (TPSA) is 48.8 Å². The number of carbonyl (C=O) groups excluding carboxylic acids is 1. The number of ketones is 1. The summed E-state index contributed by atoms with van der Waals surface area (Å²) < 4.78 is 0. The highest BCUT2D eigenvalue weighted by Gasteiger charge is 2.32. The summed E-state index contributed by atoms with van der Waals surface area (Å²) in [5, 5.41) is 0. The summed E-state index contributed by atoms with van der Waals surface area (Å²) in [6.07, 6.45) is 4.17. The van der Waals surface area contributed by atoms with Gasteiger partial charge < -0.3 is 9.80 Å². The molecule has 29 heavy (non-hydrogen) atoms. The lowest BCUT2D eigenvalue weighted by atomic mass is 10.0. The molecular weight excluding hydrogens is 360 g/mol. The van der Waals surface area contributed by atoms with Gasteiger partial charge in [-0.1, -0.05) is 12.1 Å². The Bertz CT molecular complexity index is 948. The Balaban J connectivity index is 1.78. The van der Waals surface area contributed by atoms with Gasteiger partial charge in [-0.25, -0.2) is 4.98 Å². The first-order valence-electron chi connectivity index (χ1n) is 10.6. The molecule has 4 rings (SSSR count). The maximum Gasteiger partial charge on any atom is 0.162 e. The fraction of sp³-hybridized carbons (Fsp3) is 0.458. The Morgan fingerprint density at radius 3 is 2.66 bits per heavy atom. The first-order chi connectivity index (χ1) is 14.0. The van der Waals surface area contributed by atoms with Crippen LogP contribution in [0.15, 0.2) is 41.5 Å². The molecule has 1 aliphatic heterocycles. The highest BCUT2D eigenvalue weighted by molar-refractivity contribution is 6.10. The fourth-order valence-corrected chi connectivity index (χ4v) is 4.15. The van der Waals surface area contributed by atoms with E-state index in [-0.39, 0.29) is 5.78 Å². The van der Waals surface area contributed by atoms with Crippen LogP contribution in [0.25, 0.3) is 0 Å². The third-order valence-electron chi connectivity index (χ3n) is 6.13. The standard InChI is InChI=1S/C24H30N4O/c1-16-7-5-9-21(22(16)18(3)29)26-23(19-10-11-19)20-8-6-12-25-24(20)28-14-13-27(4)17(2)15-28/h5-9,12,17,19H,10-11,13-15H2,1-4H3. The van der Waals surface area contributed by atoms with E-state index in [0.717, 1.165) is 66.4 Å². The second-order valence-corrected chi connectivity index (χ2v) is 8.45. The number of rotatable bonds is 5. The van der Waals surface area contributed by atoms with Gasteiger partial charge in [0.05, 0.1) is 11.4 Å². The molecule has 1 saturated heterocycles. The first-order valence-corrected chi connectivity index (χ1v) is 10.6. The summed E-state index contributed by atoms with van der Waals surface area (Å²) in [5.41, 5.74) is 4.68. The average molecular weight is 391 g/mol. The molecule has 2 heterocycles. The third kappa shape index (κ3) is 4.10. The predicted octanol–water partition coefficient (Wildman–Crippen LogP) is 4.26. The lowest BCUT2D eigenvalue weighted by Gasteiger charge is -2.39. The first kappa shape index (κ1) is 19.8. The van der Waals surface area contributed by atoms with Crippen molar-refractivity contribution in [2.75, 3.05) is 31.6 Å². The number of nitrogens with zero attached hydrogens (tertiary/aromatic N) is 4. The smallest absolute Gasteiger partial charge is 0.162 e. The monoisotopic (exact) mass is 390 g/mol. The molecule has 0 amide bonds. The number of aryl methyl sites for hydroxylation is 1. The molecule has 1 saturated carbocycles. The Hall–Kier alpha value is -2.53. The zero-order valence-corrected chi connectivity index (χ0v) is 17.9. The maximum absolute atomic E-state index is 12.3. The number of Topliss-reactive ketones (excluding diaryl/α,β-unsaturated/α-hetero) is 1. The van der Waals surface area contributed by atoms with E-state index < -0.39 is 0 Å². The van der Waals surface area contributed by atoms with Crippen LogP contribution in [0.3, 0.4) is 0 Å². The van der Waals surface area contributed by atoms with Gasteiger partial charge >= 0.3 is 0 Å². The van der Waals surface area contributed by atoms with Crippen molar-refractivity contribution in [2.24, 2.45) is 10.9 Å². The molecule has 1 atom stereocenters. The molecule has 1 unspecified atom stereocenters. The van der Waals surface area contributed by atoms with Gasteiger partial charge in [0.1, 0.15) is 5.82 Å². The molecule has 0 bridgehead atoms. The van der Waals surface area contributed by atoms with E-state index in [1.807, 2.05) is 37.4 Å². The number of piperazine rings is 1. The van der Waals surface area contributed by atoms with Crippen LogP contribution in [-0.2, 0) is 0 Å². The second-order valence-electron chi connectivity index (χ2n) is 8.45. The highest BCUT2D eigenvalue weighted by atomic mass is 16.1. The zero-order chi connectivity index (χ0) is 20.5. The second kappa shape index (κ2) is 8.07. The van der Waals surface area contributed by atoms with Crippen LogP contribution < -0.4 is 4.90 Å². The Labute approximate surface area is 173 Å². The van der Waals surface area contributed by atoms with Crippen LogP contribution in [0, 0.1) is 12.8 Å². The predicted molar refractivity (Wildman–Crippen MR) is 119 cm³/mol. The molecule has 0 radical (unpaired) electrons. The lowest BCUT2D eigenvalue weighted by molar-refractivity contribution is 0.101. The summed E-state index contributed by atoms with van der Waals surface area (Å²) in [6.45, 7) is 8.82. The van der Waals surface area contributed by atoms with Crippen LogP contribution in [0.2, 0.25) is 0 Å². The van der Waals surface area contributed by atoms with Crippen molar-refractivity contribution in [2.45, 2.75) is 39.7 Å². The number of benzene rings is 1. The number of aliphatic imine (C=N–C) groups is 1. The van der Waals surface area contributed by atoms with Crippen LogP contribution >= 0.6 is 0 Å². The van der Waals surface area contributed by atoms with E-state index in [1.54, 1.807) is 6.92 Å². The molecule has 2 fully saturated rings. The molecule has 5 heteroatoms.